The second-order valence-corrected chi connectivity index (χ2v) is 15.0. The van der Waals surface area contributed by atoms with Gasteiger partial charge < -0.3 is 40.8 Å². The van der Waals surface area contributed by atoms with E-state index >= 15 is 0 Å². The van der Waals surface area contributed by atoms with Crippen molar-refractivity contribution in [1.82, 2.24) is 36.0 Å². The summed E-state index contributed by atoms with van der Waals surface area (Å²) in [5.41, 5.74) is 0. The van der Waals surface area contributed by atoms with Crippen LogP contribution in [-0.4, -0.2) is 134 Å². The highest BCUT2D eigenvalue weighted by Crippen LogP contribution is 2.09. The molecular formula is C40H71N7O9. The molecule has 1 unspecified atom stereocenters. The first-order valence-corrected chi connectivity index (χ1v) is 20.3. The Hall–Kier alpha value is -4.37. The molecule has 0 aliphatic heterocycles. The van der Waals surface area contributed by atoms with Crippen LogP contribution in [0.5, 0.6) is 0 Å². The van der Waals surface area contributed by atoms with Crippen LogP contribution in [0.25, 0.3) is 0 Å². The lowest BCUT2D eigenvalue weighted by Gasteiger charge is -2.26. The van der Waals surface area contributed by atoms with E-state index in [0.29, 0.717) is 38.6 Å². The number of carbonyl (C=O) groups excluding carboxylic acids is 9. The van der Waals surface area contributed by atoms with Gasteiger partial charge in [0.25, 0.3) is 0 Å². The topological polar surface area (TPSA) is 211 Å². The maximum absolute atomic E-state index is 13.5. The van der Waals surface area contributed by atoms with Crippen molar-refractivity contribution in [3.05, 3.63) is 0 Å². The van der Waals surface area contributed by atoms with Gasteiger partial charge in [-0.25, -0.2) is 0 Å². The third-order valence-electron chi connectivity index (χ3n) is 9.21. The quantitative estimate of drug-likeness (QED) is 0.0758. The lowest BCUT2D eigenvalue weighted by Crippen LogP contribution is -2.53. The van der Waals surface area contributed by atoms with Crippen molar-refractivity contribution < 1.29 is 43.2 Å². The maximum atomic E-state index is 13.5. The van der Waals surface area contributed by atoms with Crippen LogP contribution < -0.4 is 21.3 Å². The highest BCUT2D eigenvalue weighted by atomic mass is 16.2. The molecule has 56 heavy (non-hydrogen) atoms. The summed E-state index contributed by atoms with van der Waals surface area (Å²) in [7, 11) is 4.27. The Morgan fingerprint density at radius 2 is 1.05 bits per heavy atom. The summed E-state index contributed by atoms with van der Waals surface area (Å²) < 4.78 is 0. The maximum Gasteiger partial charge on any atom is 0.245 e. The molecule has 0 aliphatic carbocycles. The zero-order chi connectivity index (χ0) is 42.6. The Kier molecular flexibility index (Phi) is 27.5. The number of nitrogens with one attached hydrogen (secondary N) is 4. The SMILES string of the molecule is CCCCCCCCCC(=O)NCCC(=O)N(C)CC(=O)N(C)CC(=O)N[C@@H](CCCCNC(=O)CCCC(C)=O)C(=O)N(C)CC(=O)NC(C)C(=O)C(C)C. The van der Waals surface area contributed by atoms with E-state index in [9.17, 15) is 43.2 Å². The molecule has 4 N–H and O–H groups in total. The zero-order valence-corrected chi connectivity index (χ0v) is 35.4. The van der Waals surface area contributed by atoms with Gasteiger partial charge in [-0.3, -0.25) is 38.4 Å². The summed E-state index contributed by atoms with van der Waals surface area (Å²) in [6, 6.07) is -1.80. The van der Waals surface area contributed by atoms with Crippen LogP contribution in [-0.2, 0) is 43.2 Å². The molecule has 0 aromatic rings. The molecule has 0 saturated heterocycles. The number of likely N-dealkylation sites (N-methyl/N-ethyl adjacent to an activating group) is 3. The van der Waals surface area contributed by atoms with Crippen LogP contribution in [0, 0.1) is 5.92 Å². The van der Waals surface area contributed by atoms with E-state index < -0.39 is 42.3 Å². The Labute approximate surface area is 334 Å². The molecule has 7 amide bonds. The van der Waals surface area contributed by atoms with Crippen LogP contribution in [0.15, 0.2) is 0 Å². The molecule has 320 valence electrons. The molecule has 0 rings (SSSR count). The van der Waals surface area contributed by atoms with Crippen molar-refractivity contribution in [3.63, 3.8) is 0 Å². The fourth-order valence-corrected chi connectivity index (χ4v) is 5.75. The molecule has 16 heteroatoms. The number of rotatable bonds is 31. The van der Waals surface area contributed by atoms with Gasteiger partial charge in [-0.15, -0.1) is 0 Å². The lowest BCUT2D eigenvalue weighted by atomic mass is 10.0. The van der Waals surface area contributed by atoms with Crippen molar-refractivity contribution in [2.75, 3.05) is 53.9 Å². The molecule has 0 saturated carbocycles. The molecule has 0 aromatic heterocycles. The predicted molar refractivity (Wildman–Crippen MR) is 214 cm³/mol. The van der Waals surface area contributed by atoms with Crippen molar-refractivity contribution in [3.8, 4) is 0 Å². The number of amides is 7. The summed E-state index contributed by atoms with van der Waals surface area (Å²) >= 11 is 0. The largest absolute Gasteiger partial charge is 0.356 e. The molecular weight excluding hydrogens is 722 g/mol. The minimum Gasteiger partial charge on any atom is -0.356 e. The van der Waals surface area contributed by atoms with E-state index in [-0.39, 0.29) is 74.1 Å². The van der Waals surface area contributed by atoms with Gasteiger partial charge in [0.1, 0.15) is 11.8 Å². The minimum atomic E-state index is -1.06. The fourth-order valence-electron chi connectivity index (χ4n) is 5.75. The average Bonchev–Trinajstić information content (AvgIpc) is 3.12. The summed E-state index contributed by atoms with van der Waals surface area (Å²) in [6.45, 7) is 8.05. The first-order chi connectivity index (χ1) is 26.4. The molecule has 0 aromatic carbocycles. The van der Waals surface area contributed by atoms with Crippen LogP contribution >= 0.6 is 0 Å². The van der Waals surface area contributed by atoms with E-state index in [1.165, 1.54) is 58.6 Å². The molecule has 0 spiro atoms. The third-order valence-corrected chi connectivity index (χ3v) is 9.21. The van der Waals surface area contributed by atoms with E-state index in [2.05, 4.69) is 28.2 Å². The summed E-state index contributed by atoms with van der Waals surface area (Å²) in [5.74, 6) is -3.34. The number of nitrogens with zero attached hydrogens (tertiary/aromatic N) is 3. The average molecular weight is 794 g/mol. The number of ketones is 2. The normalized spacial score (nSPS) is 11.9. The fraction of sp³-hybridized carbons (Fsp3) is 0.775. The number of carbonyl (C=O) groups is 9. The first-order valence-electron chi connectivity index (χ1n) is 20.3. The number of hydrogen-bond donors (Lipinski definition) is 4. The van der Waals surface area contributed by atoms with Crippen molar-refractivity contribution in [2.45, 2.75) is 143 Å². The molecule has 0 aliphatic rings. The van der Waals surface area contributed by atoms with E-state index in [4.69, 9.17) is 0 Å². The summed E-state index contributed by atoms with van der Waals surface area (Å²) in [4.78, 5) is 116. The molecule has 0 fully saturated rings. The zero-order valence-electron chi connectivity index (χ0n) is 35.4. The molecule has 0 radical (unpaired) electrons. The van der Waals surface area contributed by atoms with E-state index in [0.717, 1.165) is 29.1 Å². The van der Waals surface area contributed by atoms with E-state index in [1.54, 1.807) is 20.8 Å². The number of hydrogen-bond acceptors (Lipinski definition) is 9. The monoisotopic (exact) mass is 794 g/mol. The van der Waals surface area contributed by atoms with Crippen LogP contribution in [0.2, 0.25) is 0 Å². The smallest absolute Gasteiger partial charge is 0.245 e. The molecule has 16 nitrogen and oxygen atoms in total. The van der Waals surface area contributed by atoms with Gasteiger partial charge in [0.15, 0.2) is 5.78 Å². The van der Waals surface area contributed by atoms with Crippen molar-refractivity contribution >= 4 is 52.9 Å². The summed E-state index contributed by atoms with van der Waals surface area (Å²) in [6.07, 6.45) is 10.2. The Morgan fingerprint density at radius 1 is 0.518 bits per heavy atom. The Bertz CT molecular complexity index is 1290. The van der Waals surface area contributed by atoms with Crippen LogP contribution in [0.4, 0.5) is 0 Å². The number of unbranched alkanes of at least 4 members (excludes halogenated alkanes) is 7. The van der Waals surface area contributed by atoms with Crippen LogP contribution in [0.1, 0.15) is 131 Å². The predicted octanol–water partition coefficient (Wildman–Crippen LogP) is 2.27. The van der Waals surface area contributed by atoms with E-state index in [1.807, 2.05) is 0 Å². The highest BCUT2D eigenvalue weighted by Gasteiger charge is 2.27. The minimum absolute atomic E-state index is 0.0111. The van der Waals surface area contributed by atoms with Crippen molar-refractivity contribution in [2.24, 2.45) is 5.92 Å². The number of Topliss-reactive ketones (excluding diaryl/α,β-unsaturated/α-hetero) is 2. The highest BCUT2D eigenvalue weighted by molar-refractivity contribution is 5.94. The second kappa shape index (κ2) is 29.9. The van der Waals surface area contributed by atoms with Crippen LogP contribution in [0.3, 0.4) is 0 Å². The Balaban J connectivity index is 5.10. The Morgan fingerprint density at radius 3 is 1.66 bits per heavy atom. The summed E-state index contributed by atoms with van der Waals surface area (Å²) in [5, 5.41) is 10.8. The van der Waals surface area contributed by atoms with Gasteiger partial charge in [-0.1, -0.05) is 59.3 Å². The second-order valence-electron chi connectivity index (χ2n) is 15.0. The lowest BCUT2D eigenvalue weighted by molar-refractivity contribution is -0.141. The molecule has 0 bridgehead atoms. The van der Waals surface area contributed by atoms with Gasteiger partial charge in [0.05, 0.1) is 25.7 Å². The molecule has 0 heterocycles. The van der Waals surface area contributed by atoms with Gasteiger partial charge in [-0.2, -0.15) is 0 Å². The van der Waals surface area contributed by atoms with Gasteiger partial charge >= 0.3 is 0 Å². The van der Waals surface area contributed by atoms with Gasteiger partial charge in [-0.05, 0) is 46.0 Å². The standard InChI is InChI=1S/C40H71N7O9/c1-9-10-11-12-13-14-15-21-33(49)42-25-23-37(53)46(7)28-38(54)45(6)26-36(52)44-32(20-16-17-24-41-34(50)22-18-19-30(4)48)40(56)47(8)27-35(51)43-31(5)39(55)29(2)3/h29,31-32H,9-28H2,1-8H3,(H,41,50)(H,42,49)(H,43,51)(H,44,52)/t31?,32-/m0/s1. The molecule has 2 atom stereocenters. The van der Waals surface area contributed by atoms with Gasteiger partial charge in [0, 0.05) is 65.8 Å². The van der Waals surface area contributed by atoms with Crippen molar-refractivity contribution in [1.29, 1.82) is 0 Å². The van der Waals surface area contributed by atoms with Gasteiger partial charge in [0.2, 0.25) is 41.4 Å². The first kappa shape index (κ1) is 51.6. The third kappa shape index (κ3) is 24.9.